The maximum atomic E-state index is 13.9. The summed E-state index contributed by atoms with van der Waals surface area (Å²) in [6.07, 6.45) is 0. The van der Waals surface area contributed by atoms with E-state index in [0.29, 0.717) is 16.3 Å². The van der Waals surface area contributed by atoms with Crippen molar-refractivity contribution in [3.05, 3.63) is 63.3 Å². The molecule has 0 bridgehead atoms. The Morgan fingerprint density at radius 1 is 1.17 bits per heavy atom. The molecule has 0 atom stereocenters. The zero-order chi connectivity index (χ0) is 17.1. The fourth-order valence-electron chi connectivity index (χ4n) is 2.30. The van der Waals surface area contributed by atoms with Gasteiger partial charge in [0.05, 0.1) is 0 Å². The summed E-state index contributed by atoms with van der Waals surface area (Å²) >= 11 is 10.9. The minimum atomic E-state index is -0.300. The van der Waals surface area contributed by atoms with Gasteiger partial charge in [0.2, 0.25) is 0 Å². The largest absolute Gasteiger partial charge is 0.302 e. The van der Waals surface area contributed by atoms with Gasteiger partial charge in [-0.1, -0.05) is 57.5 Å². The molecule has 1 heterocycles. The SMILES string of the molecule is CCn1c(SCc2c(F)cccc2Cl)nnc1-c1ccc(Br)cc1. The van der Waals surface area contributed by atoms with E-state index in [0.717, 1.165) is 27.6 Å². The number of aromatic nitrogens is 3. The van der Waals surface area contributed by atoms with E-state index < -0.39 is 0 Å². The number of thioether (sulfide) groups is 1. The second-order valence-corrected chi connectivity index (χ2v) is 7.31. The topological polar surface area (TPSA) is 30.7 Å². The van der Waals surface area contributed by atoms with E-state index in [1.807, 2.05) is 35.8 Å². The Hall–Kier alpha value is -1.37. The summed E-state index contributed by atoms with van der Waals surface area (Å²) in [5.74, 6) is 0.905. The first-order valence-electron chi connectivity index (χ1n) is 7.35. The Morgan fingerprint density at radius 2 is 1.92 bits per heavy atom. The standard InChI is InChI=1S/C17H14BrClFN3S/c1-2-23-16(11-6-8-12(18)9-7-11)21-22-17(23)24-10-13-14(19)4-3-5-15(13)20/h3-9H,2,10H2,1H3. The molecule has 0 aliphatic rings. The van der Waals surface area contributed by atoms with Gasteiger partial charge in [0.15, 0.2) is 11.0 Å². The number of hydrogen-bond acceptors (Lipinski definition) is 3. The van der Waals surface area contributed by atoms with Crippen LogP contribution in [-0.4, -0.2) is 14.8 Å². The molecule has 124 valence electrons. The molecule has 1 aromatic heterocycles. The van der Waals surface area contributed by atoms with Gasteiger partial charge in [0.25, 0.3) is 0 Å². The highest BCUT2D eigenvalue weighted by Crippen LogP contribution is 2.30. The Bertz CT molecular complexity index is 831. The summed E-state index contributed by atoms with van der Waals surface area (Å²) in [7, 11) is 0. The molecule has 0 aliphatic heterocycles. The molecule has 0 saturated carbocycles. The van der Waals surface area contributed by atoms with Gasteiger partial charge in [0, 0.05) is 32.9 Å². The molecule has 0 amide bonds. The highest BCUT2D eigenvalue weighted by atomic mass is 79.9. The summed E-state index contributed by atoms with van der Waals surface area (Å²) < 4.78 is 16.9. The summed E-state index contributed by atoms with van der Waals surface area (Å²) in [5.41, 5.74) is 1.48. The molecule has 3 aromatic rings. The number of rotatable bonds is 5. The molecule has 0 saturated heterocycles. The van der Waals surface area contributed by atoms with Crippen molar-refractivity contribution in [2.24, 2.45) is 0 Å². The normalized spacial score (nSPS) is 11.0. The highest BCUT2D eigenvalue weighted by molar-refractivity contribution is 9.10. The Kier molecular flexibility index (Phi) is 5.58. The second kappa shape index (κ2) is 7.68. The van der Waals surface area contributed by atoms with Crippen LogP contribution < -0.4 is 0 Å². The number of halogens is 3. The molecule has 3 rings (SSSR count). The number of nitrogens with zero attached hydrogens (tertiary/aromatic N) is 3. The molecule has 0 N–H and O–H groups in total. The minimum absolute atomic E-state index is 0.300. The summed E-state index contributed by atoms with van der Waals surface area (Å²) in [6.45, 7) is 2.76. The van der Waals surface area contributed by atoms with Crippen LogP contribution in [-0.2, 0) is 12.3 Å². The van der Waals surface area contributed by atoms with E-state index in [9.17, 15) is 4.39 Å². The van der Waals surface area contributed by atoms with Crippen LogP contribution in [0.1, 0.15) is 12.5 Å². The monoisotopic (exact) mass is 425 g/mol. The van der Waals surface area contributed by atoms with Crippen LogP contribution >= 0.6 is 39.3 Å². The lowest BCUT2D eigenvalue weighted by Crippen LogP contribution is -2.00. The molecule has 2 aromatic carbocycles. The van der Waals surface area contributed by atoms with E-state index in [2.05, 4.69) is 26.1 Å². The highest BCUT2D eigenvalue weighted by Gasteiger charge is 2.15. The van der Waals surface area contributed by atoms with Crippen LogP contribution in [0.15, 0.2) is 52.1 Å². The van der Waals surface area contributed by atoms with Crippen LogP contribution in [0.5, 0.6) is 0 Å². The Labute approximate surface area is 157 Å². The summed E-state index contributed by atoms with van der Waals surface area (Å²) in [4.78, 5) is 0. The van der Waals surface area contributed by atoms with Crippen molar-refractivity contribution in [3.63, 3.8) is 0 Å². The molecule has 0 aliphatic carbocycles. The predicted octanol–water partition coefficient (Wildman–Crippen LogP) is 5.81. The third-order valence-electron chi connectivity index (χ3n) is 3.54. The van der Waals surface area contributed by atoms with Gasteiger partial charge in [-0.25, -0.2) is 4.39 Å². The van der Waals surface area contributed by atoms with E-state index in [1.165, 1.54) is 17.8 Å². The number of hydrogen-bond donors (Lipinski definition) is 0. The van der Waals surface area contributed by atoms with E-state index >= 15 is 0 Å². The lowest BCUT2D eigenvalue weighted by Gasteiger charge is -2.08. The quantitative estimate of drug-likeness (QED) is 0.482. The molecule has 7 heteroatoms. The van der Waals surface area contributed by atoms with Gasteiger partial charge < -0.3 is 4.57 Å². The predicted molar refractivity (Wildman–Crippen MR) is 99.8 cm³/mol. The third-order valence-corrected chi connectivity index (χ3v) is 5.42. The molecular weight excluding hydrogens is 413 g/mol. The van der Waals surface area contributed by atoms with Crippen molar-refractivity contribution in [2.75, 3.05) is 0 Å². The Balaban J connectivity index is 1.86. The fourth-order valence-corrected chi connectivity index (χ4v) is 3.91. The van der Waals surface area contributed by atoms with Crippen molar-refractivity contribution >= 4 is 39.3 Å². The fraction of sp³-hybridized carbons (Fsp3) is 0.176. The molecular formula is C17H14BrClFN3S. The lowest BCUT2D eigenvalue weighted by molar-refractivity contribution is 0.617. The van der Waals surface area contributed by atoms with Gasteiger partial charge >= 0.3 is 0 Å². The molecule has 24 heavy (non-hydrogen) atoms. The van der Waals surface area contributed by atoms with Crippen LogP contribution in [0.25, 0.3) is 11.4 Å². The van der Waals surface area contributed by atoms with Gasteiger partial charge in [-0.05, 0) is 31.2 Å². The second-order valence-electron chi connectivity index (χ2n) is 5.05. The summed E-state index contributed by atoms with van der Waals surface area (Å²) in [5, 5.41) is 9.73. The third kappa shape index (κ3) is 3.66. The van der Waals surface area contributed by atoms with Crippen molar-refractivity contribution in [1.82, 2.24) is 14.8 Å². The average Bonchev–Trinajstić information content (AvgIpc) is 2.98. The zero-order valence-corrected chi connectivity index (χ0v) is 16.0. The van der Waals surface area contributed by atoms with Crippen molar-refractivity contribution < 1.29 is 4.39 Å². The first kappa shape index (κ1) is 17.5. The van der Waals surface area contributed by atoms with Crippen LogP contribution in [0.3, 0.4) is 0 Å². The first-order chi connectivity index (χ1) is 11.6. The van der Waals surface area contributed by atoms with Gasteiger partial charge in [-0.2, -0.15) is 0 Å². The van der Waals surface area contributed by atoms with Gasteiger partial charge in [-0.15, -0.1) is 10.2 Å². The average molecular weight is 427 g/mol. The van der Waals surface area contributed by atoms with Crippen molar-refractivity contribution in [2.45, 2.75) is 24.4 Å². The van der Waals surface area contributed by atoms with E-state index in [1.54, 1.807) is 12.1 Å². The van der Waals surface area contributed by atoms with Crippen LogP contribution in [0, 0.1) is 5.82 Å². The molecule has 0 unspecified atom stereocenters. The summed E-state index contributed by atoms with van der Waals surface area (Å²) in [6, 6.07) is 12.6. The minimum Gasteiger partial charge on any atom is -0.302 e. The van der Waals surface area contributed by atoms with Crippen LogP contribution in [0.2, 0.25) is 5.02 Å². The molecule has 0 fully saturated rings. The van der Waals surface area contributed by atoms with E-state index in [4.69, 9.17) is 11.6 Å². The zero-order valence-electron chi connectivity index (χ0n) is 12.8. The smallest absolute Gasteiger partial charge is 0.191 e. The van der Waals surface area contributed by atoms with Crippen molar-refractivity contribution in [1.29, 1.82) is 0 Å². The molecule has 3 nitrogen and oxygen atoms in total. The Morgan fingerprint density at radius 3 is 2.58 bits per heavy atom. The van der Waals surface area contributed by atoms with Crippen molar-refractivity contribution in [3.8, 4) is 11.4 Å². The molecule has 0 radical (unpaired) electrons. The lowest BCUT2D eigenvalue weighted by atomic mass is 10.2. The number of benzene rings is 2. The maximum Gasteiger partial charge on any atom is 0.191 e. The van der Waals surface area contributed by atoms with Gasteiger partial charge in [0.1, 0.15) is 5.82 Å². The maximum absolute atomic E-state index is 13.9. The van der Waals surface area contributed by atoms with Crippen LogP contribution in [0.4, 0.5) is 4.39 Å². The molecule has 0 spiro atoms. The van der Waals surface area contributed by atoms with E-state index in [-0.39, 0.29) is 5.82 Å². The van der Waals surface area contributed by atoms with Gasteiger partial charge in [-0.3, -0.25) is 0 Å². The first-order valence-corrected chi connectivity index (χ1v) is 9.50.